The molecular weight excluding hydrogens is 715 g/mol. The van der Waals surface area contributed by atoms with Gasteiger partial charge in [-0.05, 0) is 103 Å². The zero-order valence-electron chi connectivity index (χ0n) is 32.4. The van der Waals surface area contributed by atoms with Crippen molar-refractivity contribution < 1.29 is 0 Å². The van der Waals surface area contributed by atoms with Crippen LogP contribution in [0.1, 0.15) is 43.5 Å². The maximum absolute atomic E-state index is 5.14. The smallest absolute Gasteiger partial charge is 0.164 e. The molecule has 2 aliphatic carbocycles. The molecule has 282 valence electrons. The van der Waals surface area contributed by atoms with Gasteiger partial charge in [-0.25, -0.2) is 15.0 Å². The summed E-state index contributed by atoms with van der Waals surface area (Å²) in [6.07, 6.45) is 0.869. The van der Waals surface area contributed by atoms with Crippen molar-refractivity contribution >= 4 is 0 Å². The summed E-state index contributed by atoms with van der Waals surface area (Å²) in [6, 6.07) is 67.3. The van der Waals surface area contributed by atoms with Crippen LogP contribution in [-0.4, -0.2) is 15.0 Å². The maximum Gasteiger partial charge on any atom is 0.164 e. The quantitative estimate of drug-likeness (QED) is 0.170. The van der Waals surface area contributed by atoms with Crippen molar-refractivity contribution in [3.05, 3.63) is 210 Å². The minimum absolute atomic E-state index is 0. The Bertz CT molecular complexity index is 3050. The molecular formula is C56H43N3. The minimum atomic E-state index is -0.0472. The van der Waals surface area contributed by atoms with Crippen molar-refractivity contribution in [2.75, 3.05) is 0 Å². The van der Waals surface area contributed by atoms with Crippen LogP contribution < -0.4 is 0 Å². The lowest BCUT2D eigenvalue weighted by Gasteiger charge is -2.22. The first-order valence-electron chi connectivity index (χ1n) is 20.1. The third-order valence-corrected chi connectivity index (χ3v) is 12.2. The molecule has 1 aromatic heterocycles. The standard InChI is InChI=1S/C55H39N3.CH4/c1-55(2)50-28-10-9-23-46(50)47-30-29-39(33-51(47)55)43-25-14-27-45-44-26-13-24-42(48(44)34-49(43)45)38-20-12-22-41(32-38)54-57-52(36-17-7-4-8-18-36)56-53(58-54)40-21-11-19-37(31-40)35-15-5-3-6-16-35;/h3-33H,34H2,1-2H3;1H4. The molecule has 0 aliphatic heterocycles. The number of rotatable bonds is 6. The summed E-state index contributed by atoms with van der Waals surface area (Å²) in [5, 5.41) is 0. The van der Waals surface area contributed by atoms with E-state index in [4.69, 9.17) is 15.0 Å². The maximum atomic E-state index is 5.14. The van der Waals surface area contributed by atoms with Crippen LogP contribution in [0.4, 0.5) is 0 Å². The van der Waals surface area contributed by atoms with Gasteiger partial charge in [0.15, 0.2) is 17.5 Å². The average molecular weight is 758 g/mol. The highest BCUT2D eigenvalue weighted by Crippen LogP contribution is 2.51. The second-order valence-electron chi connectivity index (χ2n) is 16.0. The topological polar surface area (TPSA) is 38.7 Å². The number of nitrogens with zero attached hydrogens (tertiary/aromatic N) is 3. The first-order valence-corrected chi connectivity index (χ1v) is 20.1. The lowest BCUT2D eigenvalue weighted by molar-refractivity contribution is 0.660. The SMILES string of the molecule is C.CC1(C)c2ccccc2-c2ccc(-c3cccc4c3Cc3c(-c5cccc(-c6nc(-c7ccccc7)nc(-c7cccc(-c8ccccc8)c7)n6)c5)cccc3-4)cc21. The highest BCUT2D eigenvalue weighted by Gasteiger charge is 2.35. The third-order valence-electron chi connectivity index (χ3n) is 12.2. The summed E-state index contributed by atoms with van der Waals surface area (Å²) < 4.78 is 0. The molecule has 2 aliphatic rings. The Morgan fingerprint density at radius 2 is 0.746 bits per heavy atom. The molecule has 0 unspecified atom stereocenters. The van der Waals surface area contributed by atoms with Crippen molar-refractivity contribution in [3.63, 3.8) is 0 Å². The van der Waals surface area contributed by atoms with E-state index in [1.165, 1.54) is 61.2 Å². The fourth-order valence-electron chi connectivity index (χ4n) is 9.29. The lowest BCUT2D eigenvalue weighted by Crippen LogP contribution is -2.14. The highest BCUT2D eigenvalue weighted by atomic mass is 15.0. The minimum Gasteiger partial charge on any atom is -0.208 e. The van der Waals surface area contributed by atoms with Crippen LogP contribution in [0, 0.1) is 0 Å². The van der Waals surface area contributed by atoms with E-state index in [1.807, 2.05) is 24.3 Å². The lowest BCUT2D eigenvalue weighted by atomic mass is 9.81. The Hall–Kier alpha value is -7.23. The van der Waals surface area contributed by atoms with Gasteiger partial charge in [-0.15, -0.1) is 0 Å². The fourth-order valence-corrected chi connectivity index (χ4v) is 9.29. The molecule has 0 bridgehead atoms. The summed E-state index contributed by atoms with van der Waals surface area (Å²) in [5.74, 6) is 1.95. The van der Waals surface area contributed by atoms with Gasteiger partial charge in [0, 0.05) is 22.1 Å². The molecule has 8 aromatic carbocycles. The Labute approximate surface area is 346 Å². The van der Waals surface area contributed by atoms with Crippen LogP contribution in [0.25, 0.3) is 89.8 Å². The van der Waals surface area contributed by atoms with Crippen LogP contribution in [0.15, 0.2) is 188 Å². The highest BCUT2D eigenvalue weighted by molar-refractivity contribution is 5.91. The van der Waals surface area contributed by atoms with E-state index in [1.54, 1.807) is 0 Å². The van der Waals surface area contributed by atoms with Crippen molar-refractivity contribution in [1.82, 2.24) is 15.0 Å². The van der Waals surface area contributed by atoms with E-state index >= 15 is 0 Å². The molecule has 59 heavy (non-hydrogen) atoms. The Morgan fingerprint density at radius 3 is 1.39 bits per heavy atom. The monoisotopic (exact) mass is 757 g/mol. The van der Waals surface area contributed by atoms with Gasteiger partial charge in [-0.2, -0.15) is 0 Å². The zero-order valence-corrected chi connectivity index (χ0v) is 32.4. The molecule has 3 nitrogen and oxygen atoms in total. The number of benzene rings is 8. The van der Waals surface area contributed by atoms with Gasteiger partial charge in [0.25, 0.3) is 0 Å². The molecule has 0 atom stereocenters. The number of hydrogen-bond acceptors (Lipinski definition) is 3. The van der Waals surface area contributed by atoms with E-state index in [0.29, 0.717) is 17.5 Å². The summed E-state index contributed by atoms with van der Waals surface area (Å²) >= 11 is 0. The summed E-state index contributed by atoms with van der Waals surface area (Å²) in [5.41, 5.74) is 20.9. The summed E-state index contributed by atoms with van der Waals surface area (Å²) in [4.78, 5) is 15.3. The van der Waals surface area contributed by atoms with E-state index in [2.05, 4.69) is 178 Å². The van der Waals surface area contributed by atoms with E-state index < -0.39 is 0 Å². The molecule has 0 saturated heterocycles. The van der Waals surface area contributed by atoms with Gasteiger partial charge in [0.2, 0.25) is 0 Å². The normalized spacial score (nSPS) is 12.8. The Balaban J connectivity index is 0.00000420. The summed E-state index contributed by atoms with van der Waals surface area (Å²) in [6.45, 7) is 4.72. The van der Waals surface area contributed by atoms with Crippen molar-refractivity contribution in [2.24, 2.45) is 0 Å². The van der Waals surface area contributed by atoms with Crippen LogP contribution in [0.5, 0.6) is 0 Å². The van der Waals surface area contributed by atoms with Crippen LogP contribution in [0.3, 0.4) is 0 Å². The first kappa shape index (κ1) is 36.1. The first-order chi connectivity index (χ1) is 28.5. The van der Waals surface area contributed by atoms with Gasteiger partial charge in [0.05, 0.1) is 0 Å². The average Bonchev–Trinajstić information content (AvgIpc) is 3.79. The van der Waals surface area contributed by atoms with Gasteiger partial charge in [-0.3, -0.25) is 0 Å². The fraction of sp³-hybridized carbons (Fsp3) is 0.0893. The molecule has 1 heterocycles. The second kappa shape index (κ2) is 14.3. The van der Waals surface area contributed by atoms with Crippen molar-refractivity contribution in [2.45, 2.75) is 33.1 Å². The molecule has 0 fully saturated rings. The van der Waals surface area contributed by atoms with E-state index in [0.717, 1.165) is 39.8 Å². The zero-order chi connectivity index (χ0) is 38.8. The molecule has 0 amide bonds. The van der Waals surface area contributed by atoms with Gasteiger partial charge in [-0.1, -0.05) is 191 Å². The Morgan fingerprint density at radius 1 is 0.322 bits per heavy atom. The van der Waals surface area contributed by atoms with Gasteiger partial charge < -0.3 is 0 Å². The van der Waals surface area contributed by atoms with Crippen molar-refractivity contribution in [1.29, 1.82) is 0 Å². The van der Waals surface area contributed by atoms with E-state index in [9.17, 15) is 0 Å². The molecule has 0 spiro atoms. The van der Waals surface area contributed by atoms with Crippen LogP contribution in [0.2, 0.25) is 0 Å². The van der Waals surface area contributed by atoms with Gasteiger partial charge in [0.1, 0.15) is 0 Å². The Kier molecular flexibility index (Phi) is 8.76. The molecule has 0 saturated carbocycles. The number of hydrogen-bond donors (Lipinski definition) is 0. The third kappa shape index (κ3) is 6.09. The molecule has 9 aromatic rings. The van der Waals surface area contributed by atoms with E-state index in [-0.39, 0.29) is 12.8 Å². The van der Waals surface area contributed by atoms with Crippen LogP contribution in [-0.2, 0) is 11.8 Å². The van der Waals surface area contributed by atoms with Gasteiger partial charge >= 0.3 is 0 Å². The molecule has 0 radical (unpaired) electrons. The second-order valence-corrected chi connectivity index (χ2v) is 16.0. The number of fused-ring (bicyclic) bond motifs is 6. The molecule has 0 N–H and O–H groups in total. The predicted octanol–water partition coefficient (Wildman–Crippen LogP) is 14.4. The molecule has 3 heteroatoms. The number of aromatic nitrogens is 3. The van der Waals surface area contributed by atoms with Crippen molar-refractivity contribution in [3.8, 4) is 89.8 Å². The largest absolute Gasteiger partial charge is 0.208 e. The van der Waals surface area contributed by atoms with Crippen LogP contribution >= 0.6 is 0 Å². The summed E-state index contributed by atoms with van der Waals surface area (Å²) in [7, 11) is 0. The molecule has 11 rings (SSSR count). The predicted molar refractivity (Wildman–Crippen MR) is 245 cm³/mol.